The zero-order chi connectivity index (χ0) is 14.0. The Kier molecular flexibility index (Phi) is 3.85. The Morgan fingerprint density at radius 1 is 1.47 bits per heavy atom. The predicted molar refractivity (Wildman–Crippen MR) is 74.3 cm³/mol. The third-order valence-corrected chi connectivity index (χ3v) is 3.09. The number of aromatic nitrogens is 2. The highest BCUT2D eigenvalue weighted by molar-refractivity contribution is 5.49. The summed E-state index contributed by atoms with van der Waals surface area (Å²) in [5.41, 5.74) is 8.15. The van der Waals surface area contributed by atoms with Gasteiger partial charge in [0.1, 0.15) is 5.82 Å². The average Bonchev–Trinajstić information content (AvgIpc) is 2.74. The molecule has 0 fully saturated rings. The number of benzene rings is 1. The van der Waals surface area contributed by atoms with Crippen molar-refractivity contribution in [2.45, 2.75) is 19.5 Å². The number of aryl methyl sites for hydroxylation is 1. The maximum atomic E-state index is 14.1. The van der Waals surface area contributed by atoms with Crippen LogP contribution < -0.4 is 10.6 Å². The van der Waals surface area contributed by atoms with Gasteiger partial charge in [0.05, 0.1) is 11.9 Å². The highest BCUT2D eigenvalue weighted by Gasteiger charge is 2.11. The first-order valence-corrected chi connectivity index (χ1v) is 6.21. The van der Waals surface area contributed by atoms with Crippen LogP contribution in [-0.2, 0) is 13.6 Å². The minimum Gasteiger partial charge on any atom is -0.368 e. The van der Waals surface area contributed by atoms with Crippen LogP contribution >= 0.6 is 0 Å². The topological polar surface area (TPSA) is 47.1 Å². The third-order valence-electron chi connectivity index (χ3n) is 3.09. The normalized spacial score (nSPS) is 12.5. The van der Waals surface area contributed by atoms with Gasteiger partial charge in [0.15, 0.2) is 0 Å². The molecule has 2 aromatic rings. The van der Waals surface area contributed by atoms with E-state index in [9.17, 15) is 4.39 Å². The van der Waals surface area contributed by atoms with Crippen LogP contribution in [0.15, 0.2) is 30.6 Å². The first-order chi connectivity index (χ1) is 8.97. The lowest BCUT2D eigenvalue weighted by atomic mass is 10.1. The number of anilines is 1. The summed E-state index contributed by atoms with van der Waals surface area (Å²) in [4.78, 5) is 1.86. The molecule has 0 radical (unpaired) electrons. The zero-order valence-corrected chi connectivity index (χ0v) is 11.5. The molecule has 0 aliphatic rings. The summed E-state index contributed by atoms with van der Waals surface area (Å²) in [6.07, 6.45) is 3.70. The second-order valence-corrected chi connectivity index (χ2v) is 4.88. The minimum atomic E-state index is -0.249. The number of nitrogens with zero attached hydrogens (tertiary/aromatic N) is 3. The Balaban J connectivity index is 2.17. The molecule has 1 heterocycles. The summed E-state index contributed by atoms with van der Waals surface area (Å²) in [5.74, 6) is -0.249. The summed E-state index contributed by atoms with van der Waals surface area (Å²) >= 11 is 0. The van der Waals surface area contributed by atoms with Gasteiger partial charge in [0.2, 0.25) is 0 Å². The van der Waals surface area contributed by atoms with Crippen molar-refractivity contribution >= 4 is 5.69 Å². The molecule has 0 bridgehead atoms. The number of rotatable bonds is 4. The summed E-state index contributed by atoms with van der Waals surface area (Å²) in [7, 11) is 3.72. The highest BCUT2D eigenvalue weighted by Crippen LogP contribution is 2.23. The maximum Gasteiger partial charge on any atom is 0.146 e. The molecule has 19 heavy (non-hydrogen) atoms. The molecule has 0 amide bonds. The highest BCUT2D eigenvalue weighted by atomic mass is 19.1. The van der Waals surface area contributed by atoms with Crippen LogP contribution in [-0.4, -0.2) is 16.8 Å². The lowest BCUT2D eigenvalue weighted by Gasteiger charge is -2.20. The van der Waals surface area contributed by atoms with E-state index in [0.717, 1.165) is 11.1 Å². The molecule has 102 valence electrons. The molecular weight excluding hydrogens is 243 g/mol. The number of hydrogen-bond acceptors (Lipinski definition) is 3. The van der Waals surface area contributed by atoms with Crippen LogP contribution in [0.1, 0.15) is 24.1 Å². The second kappa shape index (κ2) is 5.40. The summed E-state index contributed by atoms with van der Waals surface area (Å²) < 4.78 is 15.8. The van der Waals surface area contributed by atoms with E-state index in [-0.39, 0.29) is 11.9 Å². The third kappa shape index (κ3) is 3.12. The van der Waals surface area contributed by atoms with Crippen molar-refractivity contribution in [3.8, 4) is 0 Å². The molecule has 0 saturated heterocycles. The Hall–Kier alpha value is -1.88. The molecule has 2 rings (SSSR count). The first kappa shape index (κ1) is 13.5. The van der Waals surface area contributed by atoms with Gasteiger partial charge in [-0.05, 0) is 24.6 Å². The smallest absolute Gasteiger partial charge is 0.146 e. The van der Waals surface area contributed by atoms with Gasteiger partial charge < -0.3 is 10.6 Å². The van der Waals surface area contributed by atoms with E-state index < -0.39 is 0 Å². The van der Waals surface area contributed by atoms with Crippen molar-refractivity contribution in [2.24, 2.45) is 12.8 Å². The molecule has 1 atom stereocenters. The molecule has 0 spiro atoms. The van der Waals surface area contributed by atoms with E-state index in [1.165, 1.54) is 6.07 Å². The zero-order valence-electron chi connectivity index (χ0n) is 11.5. The Bertz CT molecular complexity index is 562. The van der Waals surface area contributed by atoms with Crippen molar-refractivity contribution in [2.75, 3.05) is 11.9 Å². The van der Waals surface area contributed by atoms with Gasteiger partial charge in [-0.3, -0.25) is 4.68 Å². The van der Waals surface area contributed by atoms with Crippen LogP contribution in [0.5, 0.6) is 0 Å². The monoisotopic (exact) mass is 262 g/mol. The number of halogens is 1. The lowest BCUT2D eigenvalue weighted by Crippen LogP contribution is -2.18. The van der Waals surface area contributed by atoms with Crippen molar-refractivity contribution < 1.29 is 4.39 Å². The van der Waals surface area contributed by atoms with E-state index in [4.69, 9.17) is 5.73 Å². The van der Waals surface area contributed by atoms with Crippen LogP contribution in [0.3, 0.4) is 0 Å². The van der Waals surface area contributed by atoms with E-state index >= 15 is 0 Å². The van der Waals surface area contributed by atoms with Gasteiger partial charge in [-0.15, -0.1) is 0 Å². The largest absolute Gasteiger partial charge is 0.368 e. The number of nitrogens with two attached hydrogens (primary N) is 1. The van der Waals surface area contributed by atoms with Crippen molar-refractivity contribution in [1.29, 1.82) is 0 Å². The Morgan fingerprint density at radius 3 is 2.74 bits per heavy atom. The van der Waals surface area contributed by atoms with Gasteiger partial charge in [-0.25, -0.2) is 4.39 Å². The van der Waals surface area contributed by atoms with E-state index in [1.807, 2.05) is 38.2 Å². The molecule has 1 aromatic carbocycles. The van der Waals surface area contributed by atoms with Gasteiger partial charge in [0.25, 0.3) is 0 Å². The fourth-order valence-electron chi connectivity index (χ4n) is 2.03. The summed E-state index contributed by atoms with van der Waals surface area (Å²) in [6.45, 7) is 2.45. The summed E-state index contributed by atoms with van der Waals surface area (Å²) in [5, 5.41) is 4.10. The molecule has 0 unspecified atom stereocenters. The van der Waals surface area contributed by atoms with Crippen molar-refractivity contribution in [3.05, 3.63) is 47.5 Å². The average molecular weight is 262 g/mol. The molecule has 0 aliphatic carbocycles. The van der Waals surface area contributed by atoms with Crippen molar-refractivity contribution in [3.63, 3.8) is 0 Å². The first-order valence-electron chi connectivity index (χ1n) is 6.21. The second-order valence-electron chi connectivity index (χ2n) is 4.88. The standard InChI is InChI=1S/C14H19FN4/c1-10(16)12-4-5-14(13(15)6-12)18(2)8-11-7-17-19(3)9-11/h4-7,9-10H,8,16H2,1-3H3/t10-/m1/s1. The summed E-state index contributed by atoms with van der Waals surface area (Å²) in [6, 6.07) is 4.97. The SMILES string of the molecule is C[C@@H](N)c1ccc(N(C)Cc2cnn(C)c2)c(F)c1. The Labute approximate surface area is 112 Å². The van der Waals surface area contributed by atoms with Gasteiger partial charge in [-0.2, -0.15) is 5.10 Å². The molecule has 4 nitrogen and oxygen atoms in total. The molecule has 5 heteroatoms. The van der Waals surface area contributed by atoms with Crippen molar-refractivity contribution in [1.82, 2.24) is 9.78 Å². The van der Waals surface area contributed by atoms with Gasteiger partial charge in [-0.1, -0.05) is 6.07 Å². The molecule has 0 saturated carbocycles. The predicted octanol–water partition coefficient (Wildman–Crippen LogP) is 2.22. The quantitative estimate of drug-likeness (QED) is 0.919. The van der Waals surface area contributed by atoms with Crippen LogP contribution in [0.4, 0.5) is 10.1 Å². The van der Waals surface area contributed by atoms with E-state index in [1.54, 1.807) is 16.9 Å². The lowest BCUT2D eigenvalue weighted by molar-refractivity contribution is 0.617. The van der Waals surface area contributed by atoms with Gasteiger partial charge >= 0.3 is 0 Å². The fraction of sp³-hybridized carbons (Fsp3) is 0.357. The minimum absolute atomic E-state index is 0.160. The van der Waals surface area contributed by atoms with E-state index in [0.29, 0.717) is 12.2 Å². The maximum absolute atomic E-state index is 14.1. The fourth-order valence-corrected chi connectivity index (χ4v) is 2.03. The van der Waals surface area contributed by atoms with E-state index in [2.05, 4.69) is 5.10 Å². The molecular formula is C14H19FN4. The molecule has 1 aromatic heterocycles. The number of hydrogen-bond donors (Lipinski definition) is 1. The molecule has 0 aliphatic heterocycles. The molecule has 2 N–H and O–H groups in total. The van der Waals surface area contributed by atoms with Crippen LogP contribution in [0, 0.1) is 5.82 Å². The van der Waals surface area contributed by atoms with Gasteiger partial charge in [0, 0.05) is 38.4 Å². The Morgan fingerprint density at radius 2 is 2.21 bits per heavy atom. The van der Waals surface area contributed by atoms with Crippen LogP contribution in [0.25, 0.3) is 0 Å². The van der Waals surface area contributed by atoms with Crippen LogP contribution in [0.2, 0.25) is 0 Å².